The lowest BCUT2D eigenvalue weighted by atomic mass is 10.0. The molecular weight excluding hydrogens is 320 g/mol. The highest BCUT2D eigenvalue weighted by Crippen LogP contribution is 2.24. The molecule has 2 aliphatic rings. The molecule has 0 aromatic carbocycles. The Balaban J connectivity index is 1.99. The molecule has 2 fully saturated rings. The molecule has 0 aliphatic carbocycles. The molecule has 0 unspecified atom stereocenters. The van der Waals surface area contributed by atoms with Gasteiger partial charge in [0.2, 0.25) is 0 Å². The van der Waals surface area contributed by atoms with E-state index in [1.807, 2.05) is 6.92 Å². The van der Waals surface area contributed by atoms with Crippen LogP contribution in [-0.4, -0.2) is 68.5 Å². The lowest BCUT2D eigenvalue weighted by molar-refractivity contribution is 0.365. The Labute approximate surface area is 125 Å². The Kier molecular flexibility index (Phi) is 4.07. The van der Waals surface area contributed by atoms with Gasteiger partial charge in [-0.25, -0.2) is 16.8 Å². The van der Waals surface area contributed by atoms with Crippen molar-refractivity contribution < 1.29 is 16.8 Å². The van der Waals surface area contributed by atoms with Crippen molar-refractivity contribution in [3.8, 4) is 0 Å². The fraction of sp³-hybridized carbons (Fsp3) is 0.909. The minimum absolute atomic E-state index is 0.0664. The third-order valence-corrected chi connectivity index (χ3v) is 8.03. The SMILES string of the molecule is CN(C(=S)N[C@]1(C)CCS(=O)(=O)C1)[C@H]1CCS(=O)(=O)C1. The second-order valence-electron chi connectivity index (χ2n) is 6.00. The standard InChI is InChI=1S/C11H20N2O4S3/c1-11(4-6-20(16,17)8-11)12-10(18)13(2)9-3-5-19(14,15)7-9/h9H,3-8H2,1-2H3,(H,12,18)/t9-,11+/m0/s1. The first-order chi connectivity index (χ1) is 9.02. The Morgan fingerprint density at radius 2 is 1.90 bits per heavy atom. The first-order valence-corrected chi connectivity index (χ1v) is 10.5. The highest BCUT2D eigenvalue weighted by Gasteiger charge is 2.40. The maximum absolute atomic E-state index is 11.6. The van der Waals surface area contributed by atoms with Gasteiger partial charge in [-0.2, -0.15) is 0 Å². The van der Waals surface area contributed by atoms with Crippen LogP contribution in [0.25, 0.3) is 0 Å². The summed E-state index contributed by atoms with van der Waals surface area (Å²) in [5, 5.41) is 3.52. The fourth-order valence-corrected chi connectivity index (χ4v) is 6.97. The van der Waals surface area contributed by atoms with Crippen LogP contribution in [0.2, 0.25) is 0 Å². The van der Waals surface area contributed by atoms with Crippen molar-refractivity contribution >= 4 is 37.0 Å². The average molecular weight is 340 g/mol. The molecule has 2 heterocycles. The van der Waals surface area contributed by atoms with Crippen LogP contribution < -0.4 is 5.32 Å². The smallest absolute Gasteiger partial charge is 0.169 e. The van der Waals surface area contributed by atoms with Gasteiger partial charge < -0.3 is 10.2 Å². The van der Waals surface area contributed by atoms with E-state index >= 15 is 0 Å². The van der Waals surface area contributed by atoms with Crippen LogP contribution in [0.4, 0.5) is 0 Å². The predicted octanol–water partition coefficient (Wildman–Crippen LogP) is -0.443. The molecule has 1 N–H and O–H groups in total. The molecule has 2 aliphatic heterocycles. The molecule has 116 valence electrons. The number of sulfone groups is 2. The molecule has 0 amide bonds. The van der Waals surface area contributed by atoms with Gasteiger partial charge >= 0.3 is 0 Å². The summed E-state index contributed by atoms with van der Waals surface area (Å²) in [6.45, 7) is 1.84. The number of thiocarbonyl (C=S) groups is 1. The van der Waals surface area contributed by atoms with Gasteiger partial charge in [-0.3, -0.25) is 0 Å². The fourth-order valence-electron chi connectivity index (χ4n) is 2.70. The second kappa shape index (κ2) is 5.10. The Bertz CT molecular complexity index is 614. The molecule has 0 radical (unpaired) electrons. The average Bonchev–Trinajstić information content (AvgIpc) is 2.77. The monoisotopic (exact) mass is 340 g/mol. The molecule has 0 saturated carbocycles. The topological polar surface area (TPSA) is 83.6 Å². The van der Waals surface area contributed by atoms with Gasteiger partial charge in [0.1, 0.15) is 0 Å². The zero-order valence-electron chi connectivity index (χ0n) is 11.6. The van der Waals surface area contributed by atoms with Crippen molar-refractivity contribution in [2.24, 2.45) is 0 Å². The van der Waals surface area contributed by atoms with Crippen LogP contribution in [0.1, 0.15) is 19.8 Å². The summed E-state index contributed by atoms with van der Waals surface area (Å²) in [5.74, 6) is 0.536. The summed E-state index contributed by atoms with van der Waals surface area (Å²) in [6, 6.07) is -0.124. The number of rotatable bonds is 2. The number of hydrogen-bond acceptors (Lipinski definition) is 5. The number of hydrogen-bond donors (Lipinski definition) is 1. The van der Waals surface area contributed by atoms with Crippen LogP contribution in [0, 0.1) is 0 Å². The maximum Gasteiger partial charge on any atom is 0.169 e. The van der Waals surface area contributed by atoms with E-state index in [1.165, 1.54) is 0 Å². The Morgan fingerprint density at radius 1 is 1.25 bits per heavy atom. The molecular formula is C11H20N2O4S3. The van der Waals surface area contributed by atoms with Crippen LogP contribution in [-0.2, 0) is 19.7 Å². The van der Waals surface area contributed by atoms with Crippen LogP contribution in [0.3, 0.4) is 0 Å². The highest BCUT2D eigenvalue weighted by atomic mass is 32.2. The summed E-state index contributed by atoms with van der Waals surface area (Å²) in [7, 11) is -4.20. The van der Waals surface area contributed by atoms with E-state index < -0.39 is 25.2 Å². The van der Waals surface area contributed by atoms with Gasteiger partial charge in [0.15, 0.2) is 24.8 Å². The molecule has 2 rings (SSSR count). The molecule has 0 aromatic heterocycles. The minimum Gasteiger partial charge on any atom is -0.356 e. The van der Waals surface area contributed by atoms with E-state index in [9.17, 15) is 16.8 Å². The highest BCUT2D eigenvalue weighted by molar-refractivity contribution is 7.92. The second-order valence-corrected chi connectivity index (χ2v) is 10.8. The van der Waals surface area contributed by atoms with Crippen LogP contribution in [0.5, 0.6) is 0 Å². The van der Waals surface area contributed by atoms with Gasteiger partial charge in [-0.15, -0.1) is 0 Å². The lowest BCUT2D eigenvalue weighted by Crippen LogP contribution is -2.53. The van der Waals surface area contributed by atoms with Crippen LogP contribution >= 0.6 is 12.2 Å². The third-order valence-electron chi connectivity index (χ3n) is 3.99. The molecule has 6 nitrogen and oxygen atoms in total. The third kappa shape index (κ3) is 3.62. The quantitative estimate of drug-likeness (QED) is 0.682. The van der Waals surface area contributed by atoms with Gasteiger partial charge in [0.05, 0.1) is 28.6 Å². The van der Waals surface area contributed by atoms with Gasteiger partial charge in [0, 0.05) is 13.1 Å². The Hall–Kier alpha value is -0.410. The van der Waals surface area contributed by atoms with Crippen molar-refractivity contribution in [3.05, 3.63) is 0 Å². The van der Waals surface area contributed by atoms with Gasteiger partial charge in [-0.1, -0.05) is 0 Å². The molecule has 2 atom stereocenters. The Morgan fingerprint density at radius 3 is 2.35 bits per heavy atom. The van der Waals surface area contributed by atoms with E-state index in [1.54, 1.807) is 11.9 Å². The zero-order valence-corrected chi connectivity index (χ0v) is 14.1. The number of nitrogens with one attached hydrogen (secondary N) is 1. The van der Waals surface area contributed by atoms with E-state index in [2.05, 4.69) is 5.32 Å². The van der Waals surface area contributed by atoms with Crippen molar-refractivity contribution in [1.82, 2.24) is 10.2 Å². The number of nitrogens with zero attached hydrogens (tertiary/aromatic N) is 1. The predicted molar refractivity (Wildman–Crippen MR) is 82.2 cm³/mol. The van der Waals surface area contributed by atoms with E-state index in [0.717, 1.165) is 0 Å². The summed E-state index contributed by atoms with van der Waals surface area (Å²) >= 11 is 5.30. The normalized spacial score (nSPS) is 34.8. The maximum atomic E-state index is 11.6. The summed E-state index contributed by atoms with van der Waals surface area (Å²) in [4.78, 5) is 1.75. The van der Waals surface area contributed by atoms with Crippen LogP contribution in [0.15, 0.2) is 0 Å². The van der Waals surface area contributed by atoms with Crippen molar-refractivity contribution in [2.75, 3.05) is 30.1 Å². The van der Waals surface area contributed by atoms with E-state index in [4.69, 9.17) is 12.2 Å². The molecule has 0 aromatic rings. The molecule has 9 heteroatoms. The first kappa shape index (κ1) is 16.0. The summed E-state index contributed by atoms with van der Waals surface area (Å²) < 4.78 is 46.1. The van der Waals surface area contributed by atoms with Crippen molar-refractivity contribution in [2.45, 2.75) is 31.3 Å². The summed E-state index contributed by atoms with van der Waals surface area (Å²) in [6.07, 6.45) is 1.09. The van der Waals surface area contributed by atoms with Crippen molar-refractivity contribution in [3.63, 3.8) is 0 Å². The molecule has 0 bridgehead atoms. The van der Waals surface area contributed by atoms with Gasteiger partial charge in [-0.05, 0) is 32.0 Å². The van der Waals surface area contributed by atoms with Crippen molar-refractivity contribution in [1.29, 1.82) is 0 Å². The largest absolute Gasteiger partial charge is 0.356 e. The minimum atomic E-state index is -3.00. The summed E-state index contributed by atoms with van der Waals surface area (Å²) in [5.41, 5.74) is -0.554. The molecule has 2 saturated heterocycles. The molecule has 0 spiro atoms. The first-order valence-electron chi connectivity index (χ1n) is 6.48. The zero-order chi connectivity index (χ0) is 15.2. The van der Waals surface area contributed by atoms with E-state index in [0.29, 0.717) is 18.0 Å². The van der Waals surface area contributed by atoms with E-state index in [-0.39, 0.29) is 29.1 Å². The molecule has 20 heavy (non-hydrogen) atoms. The lowest BCUT2D eigenvalue weighted by Gasteiger charge is -2.33. The van der Waals surface area contributed by atoms with Gasteiger partial charge in [0.25, 0.3) is 0 Å².